The highest BCUT2D eigenvalue weighted by Gasteiger charge is 2.72. The molecule has 3 fully saturated rings. The summed E-state index contributed by atoms with van der Waals surface area (Å²) in [6, 6.07) is 15.2. The minimum absolute atomic E-state index is 0.0396. The number of likely N-dealkylation sites (tertiary alicyclic amines) is 2. The lowest BCUT2D eigenvalue weighted by Crippen LogP contribution is -2.77. The van der Waals surface area contributed by atoms with Gasteiger partial charge in [0.15, 0.2) is 17.2 Å². The van der Waals surface area contributed by atoms with Crippen molar-refractivity contribution in [2.24, 2.45) is 0 Å². The van der Waals surface area contributed by atoms with Crippen LogP contribution in [0.1, 0.15) is 91.4 Å². The molecule has 2 aliphatic carbocycles. The summed E-state index contributed by atoms with van der Waals surface area (Å²) >= 11 is 18.9. The van der Waals surface area contributed by atoms with Gasteiger partial charge in [0.05, 0.1) is 33.5 Å². The van der Waals surface area contributed by atoms with E-state index in [1.165, 1.54) is 0 Å². The lowest BCUT2D eigenvalue weighted by atomic mass is 9.48. The molecule has 1 saturated carbocycles. The summed E-state index contributed by atoms with van der Waals surface area (Å²) in [5, 5.41) is 41.0. The van der Waals surface area contributed by atoms with Crippen LogP contribution >= 0.6 is 34.8 Å². The maximum Gasteiger partial charge on any atom is 0.272 e. The summed E-state index contributed by atoms with van der Waals surface area (Å²) in [4.78, 5) is 68.5. The fourth-order valence-corrected chi connectivity index (χ4v) is 12.7. The number of unbranched alkanes of at least 4 members (excludes halogenated alkanes) is 4. The number of nitrogens with zero attached hydrogens (tertiary/aromatic N) is 4. The maximum absolute atomic E-state index is 13.7. The number of halogens is 3. The van der Waals surface area contributed by atoms with E-state index in [2.05, 4.69) is 26.2 Å². The van der Waals surface area contributed by atoms with Crippen LogP contribution in [0.25, 0.3) is 16.9 Å². The Kier molecular flexibility index (Phi) is 17.0. The fraction of sp³-hybridized carbons (Fsp3) is 0.519. The fourth-order valence-electron chi connectivity index (χ4n) is 12.1. The van der Waals surface area contributed by atoms with Crippen molar-refractivity contribution in [3.8, 4) is 28.4 Å². The summed E-state index contributed by atoms with van der Waals surface area (Å²) < 4.78 is 19.0. The number of carbonyl (C=O) groups is 5. The Hall–Kier alpha value is -5.47. The molecule has 0 radical (unpaired) electrons. The third-order valence-corrected chi connectivity index (χ3v) is 16.6. The highest BCUT2D eigenvalue weighted by Crippen LogP contribution is 2.65. The van der Waals surface area contributed by atoms with Gasteiger partial charge in [-0.05, 0) is 114 Å². The molecule has 402 valence electrons. The van der Waals surface area contributed by atoms with Crippen LogP contribution < -0.4 is 26.0 Å². The van der Waals surface area contributed by atoms with Crippen molar-refractivity contribution in [1.82, 2.24) is 40.8 Å². The zero-order chi connectivity index (χ0) is 53.0. The third kappa shape index (κ3) is 11.3. The van der Waals surface area contributed by atoms with Crippen LogP contribution in [-0.2, 0) is 40.5 Å². The Morgan fingerprint density at radius 3 is 2.13 bits per heavy atom. The average Bonchev–Trinajstić information content (AvgIpc) is 3.93. The lowest BCUT2D eigenvalue weighted by molar-refractivity contribution is -0.187. The second kappa shape index (κ2) is 23.4. The number of carbonyl (C=O) groups excluding carboxylic acids is 5. The number of phenolic OH excluding ortho intramolecular Hbond substituents is 1. The van der Waals surface area contributed by atoms with Crippen molar-refractivity contribution in [2.75, 3.05) is 66.2 Å². The monoisotopic (exact) mass is 1090 g/mol. The summed E-state index contributed by atoms with van der Waals surface area (Å²) in [6.07, 6.45) is 7.02. The number of hydrogen-bond donors (Lipinski definition) is 6. The SMILES string of the molecule is Cc1c(C(=O)NC2CCN(C(=O)COCC(=O)NCCCCCCCNC(=O)COCC(=O)N[C@H]3CC[C@@]4(O)C5Cc6ccc(O)c7c6[C@@]4(CCN5C)[C@H]3O7)CC2)nn(-c2ccc(Cl)cc2Cl)c1-c1ccc(Cl)cc1. The normalized spacial score (nSPS) is 22.7. The van der Waals surface area contributed by atoms with Gasteiger partial charge in [0.2, 0.25) is 23.6 Å². The second-order valence-corrected chi connectivity index (χ2v) is 21.7. The Labute approximate surface area is 451 Å². The molecule has 2 bridgehead atoms. The van der Waals surface area contributed by atoms with E-state index in [0.29, 0.717) is 102 Å². The number of rotatable bonds is 21. The Balaban J connectivity index is 0.600. The number of nitrogens with one attached hydrogen (secondary N) is 4. The number of amides is 5. The van der Waals surface area contributed by atoms with E-state index < -0.39 is 23.2 Å². The van der Waals surface area contributed by atoms with Crippen molar-refractivity contribution in [3.05, 3.63) is 92.0 Å². The smallest absolute Gasteiger partial charge is 0.272 e. The van der Waals surface area contributed by atoms with E-state index >= 15 is 0 Å². The van der Waals surface area contributed by atoms with Crippen LogP contribution in [0.15, 0.2) is 54.6 Å². The molecule has 4 heterocycles. The summed E-state index contributed by atoms with van der Waals surface area (Å²) in [5.41, 5.74) is 3.09. The van der Waals surface area contributed by atoms with E-state index in [1.54, 1.807) is 46.0 Å². The van der Waals surface area contributed by atoms with E-state index in [-0.39, 0.29) is 79.5 Å². The number of likely N-dealkylation sites (N-methyl/N-ethyl adjacent to an activating group) is 1. The second-order valence-electron chi connectivity index (χ2n) is 20.5. The molecular weight excluding hydrogens is 1030 g/mol. The van der Waals surface area contributed by atoms with Gasteiger partial charge in [0.1, 0.15) is 32.5 Å². The first kappa shape index (κ1) is 54.3. The molecule has 75 heavy (non-hydrogen) atoms. The van der Waals surface area contributed by atoms with Crippen LogP contribution in [0.4, 0.5) is 0 Å². The standard InChI is InChI=1S/C54H65Cl3N8O10/c1-32-48(62-65(40-14-13-36(56)27-38(40)57)49(32)33-8-11-35(55)12-9-33)52(71)60-37-17-23-64(24-18-37)46(70)31-74-29-44(68)59-22-7-5-3-4-6-21-58-43(67)28-73-30-45(69)61-39-16-19-54(72)42-26-34-10-15-41(66)50-47(34)53(54,51(39)75-50)20-25-63(42)2/h8-15,27,37,39,42,51,66,72H,3-7,16-26,28-31H2,1-2H3,(H,58,67)(H,59,68)(H,60,71)(H,61,69)/t39-,42?,51-,53-,54+/m0/s1. The third-order valence-electron chi connectivity index (χ3n) is 15.8. The molecule has 18 nitrogen and oxygen atoms in total. The lowest BCUT2D eigenvalue weighted by Gasteiger charge is -2.63. The van der Waals surface area contributed by atoms with Gasteiger partial charge in [-0.2, -0.15) is 5.10 Å². The van der Waals surface area contributed by atoms with Crippen molar-refractivity contribution >= 4 is 64.3 Å². The van der Waals surface area contributed by atoms with Crippen LogP contribution in [0.3, 0.4) is 0 Å². The average molecular weight is 1090 g/mol. The molecule has 5 amide bonds. The molecule has 1 unspecified atom stereocenters. The first-order chi connectivity index (χ1) is 36.1. The number of piperidine rings is 2. The largest absolute Gasteiger partial charge is 0.504 e. The summed E-state index contributed by atoms with van der Waals surface area (Å²) in [7, 11) is 2.04. The van der Waals surface area contributed by atoms with Gasteiger partial charge in [0.25, 0.3) is 5.91 Å². The Bertz CT molecular complexity index is 2790. The van der Waals surface area contributed by atoms with Crippen molar-refractivity contribution in [3.63, 3.8) is 0 Å². The van der Waals surface area contributed by atoms with Crippen molar-refractivity contribution in [1.29, 1.82) is 0 Å². The predicted octanol–water partition coefficient (Wildman–Crippen LogP) is 5.42. The van der Waals surface area contributed by atoms with Gasteiger partial charge in [-0.3, -0.25) is 24.0 Å². The molecule has 3 aromatic carbocycles. The highest BCUT2D eigenvalue weighted by atomic mass is 35.5. The topological polar surface area (TPSA) is 226 Å². The first-order valence-electron chi connectivity index (χ1n) is 25.9. The molecule has 6 N–H and O–H groups in total. The molecule has 4 aromatic rings. The minimum Gasteiger partial charge on any atom is -0.504 e. The van der Waals surface area contributed by atoms with Gasteiger partial charge >= 0.3 is 0 Å². The number of hydrogen-bond acceptors (Lipinski definition) is 12. The number of benzene rings is 3. The zero-order valence-electron chi connectivity index (χ0n) is 42.2. The van der Waals surface area contributed by atoms with Crippen molar-refractivity contribution < 1.29 is 48.4 Å². The molecule has 2 saturated heterocycles. The molecule has 21 heteroatoms. The minimum atomic E-state index is -1.06. The zero-order valence-corrected chi connectivity index (χ0v) is 44.5. The number of aliphatic hydroxyl groups is 1. The molecule has 5 aliphatic rings. The maximum atomic E-state index is 13.7. The van der Waals surface area contributed by atoms with E-state index in [9.17, 15) is 34.2 Å². The van der Waals surface area contributed by atoms with E-state index in [1.807, 2.05) is 32.2 Å². The van der Waals surface area contributed by atoms with Gasteiger partial charge in [-0.1, -0.05) is 72.3 Å². The number of ether oxygens (including phenoxy) is 3. The summed E-state index contributed by atoms with van der Waals surface area (Å²) in [5.74, 6) is -1.12. The molecule has 1 aromatic heterocycles. The molecular formula is C54H65Cl3N8O10. The number of phenols is 1. The van der Waals surface area contributed by atoms with Gasteiger partial charge in [0, 0.05) is 65.0 Å². The van der Waals surface area contributed by atoms with Crippen LogP contribution in [-0.4, -0.2) is 155 Å². The van der Waals surface area contributed by atoms with Crippen molar-refractivity contribution in [2.45, 2.75) is 113 Å². The molecule has 5 atom stereocenters. The number of aromatic nitrogens is 2. The Morgan fingerprint density at radius 1 is 0.787 bits per heavy atom. The number of aromatic hydroxyl groups is 1. The highest BCUT2D eigenvalue weighted by molar-refractivity contribution is 6.35. The Morgan fingerprint density at radius 2 is 1.44 bits per heavy atom. The van der Waals surface area contributed by atoms with Gasteiger partial charge in [-0.25, -0.2) is 4.68 Å². The van der Waals surface area contributed by atoms with Gasteiger partial charge < -0.3 is 55.5 Å². The molecule has 9 rings (SSSR count). The first-order valence-corrected chi connectivity index (χ1v) is 27.0. The van der Waals surface area contributed by atoms with Crippen LogP contribution in [0, 0.1) is 6.92 Å². The van der Waals surface area contributed by atoms with Crippen LogP contribution in [0.2, 0.25) is 15.1 Å². The quantitative estimate of drug-likeness (QED) is 0.0576. The molecule has 3 aliphatic heterocycles. The predicted molar refractivity (Wildman–Crippen MR) is 282 cm³/mol. The van der Waals surface area contributed by atoms with Gasteiger partial charge in [-0.15, -0.1) is 0 Å². The van der Waals surface area contributed by atoms with E-state index in [0.717, 1.165) is 55.3 Å². The summed E-state index contributed by atoms with van der Waals surface area (Å²) in [6.45, 7) is 3.34. The molecule has 1 spiro atoms. The van der Waals surface area contributed by atoms with E-state index in [4.69, 9.17) is 54.1 Å². The van der Waals surface area contributed by atoms with Crippen LogP contribution in [0.5, 0.6) is 11.5 Å².